The maximum absolute atomic E-state index is 12.4. The van der Waals surface area contributed by atoms with Crippen LogP contribution in [0.2, 0.25) is 5.02 Å². The lowest BCUT2D eigenvalue weighted by Gasteiger charge is -2.33. The minimum absolute atomic E-state index is 0.158. The van der Waals surface area contributed by atoms with Crippen LogP contribution in [0.1, 0.15) is 23.7 Å². The van der Waals surface area contributed by atoms with Crippen LogP contribution in [0.5, 0.6) is 0 Å². The zero-order valence-corrected chi connectivity index (χ0v) is 11.0. The third kappa shape index (κ3) is 2.58. The summed E-state index contributed by atoms with van der Waals surface area (Å²) in [6.07, 6.45) is 3.21. The molecule has 1 aliphatic heterocycles. The van der Waals surface area contributed by atoms with Crippen LogP contribution in [0.4, 0.5) is 0 Å². The summed E-state index contributed by atoms with van der Waals surface area (Å²) in [5, 5.41) is 2.45. The number of piperazine rings is 1. The van der Waals surface area contributed by atoms with Gasteiger partial charge in [0.15, 0.2) is 0 Å². The quantitative estimate of drug-likeness (QED) is 0.806. The van der Waals surface area contributed by atoms with E-state index in [4.69, 9.17) is 11.6 Å². The lowest BCUT2D eigenvalue weighted by Crippen LogP contribution is -2.59. The van der Waals surface area contributed by atoms with Crippen molar-refractivity contribution in [3.8, 4) is 0 Å². The normalized spacial score (nSPS) is 19.3. The molecule has 1 aromatic rings. The van der Waals surface area contributed by atoms with Crippen LogP contribution in [-0.2, 0) is 9.59 Å². The summed E-state index contributed by atoms with van der Waals surface area (Å²) >= 11 is 5.93. The van der Waals surface area contributed by atoms with Crippen molar-refractivity contribution >= 4 is 29.3 Å². The molecule has 1 aromatic heterocycles. The molecule has 1 unspecified atom stereocenters. The molecule has 0 spiro atoms. The summed E-state index contributed by atoms with van der Waals surface area (Å²) in [5.74, 6) is -1.43. The van der Waals surface area contributed by atoms with Crippen molar-refractivity contribution in [1.82, 2.24) is 15.2 Å². The van der Waals surface area contributed by atoms with Crippen molar-refractivity contribution in [2.45, 2.75) is 19.4 Å². The molecule has 1 saturated heterocycles. The number of nitrogens with one attached hydrogen (secondary N) is 1. The molecule has 6 nitrogen and oxygen atoms in total. The van der Waals surface area contributed by atoms with Crippen molar-refractivity contribution in [3.63, 3.8) is 0 Å². The van der Waals surface area contributed by atoms with Crippen molar-refractivity contribution < 1.29 is 14.4 Å². The number of hydrogen-bond acceptors (Lipinski definition) is 4. The van der Waals surface area contributed by atoms with Gasteiger partial charge in [-0.25, -0.2) is 0 Å². The third-order valence-corrected chi connectivity index (χ3v) is 3.23. The molecule has 1 N–H and O–H groups in total. The van der Waals surface area contributed by atoms with Gasteiger partial charge in [0, 0.05) is 12.4 Å². The second-order valence-electron chi connectivity index (χ2n) is 4.13. The molecule has 7 heteroatoms. The first kappa shape index (κ1) is 13.5. The van der Waals surface area contributed by atoms with Crippen molar-refractivity contribution in [3.05, 3.63) is 29.0 Å². The molecular formula is C12H12ClN3O3. The minimum Gasteiger partial charge on any atom is -0.317 e. The van der Waals surface area contributed by atoms with Gasteiger partial charge in [-0.05, 0) is 12.5 Å². The average molecular weight is 282 g/mol. The molecule has 1 fully saturated rings. The second-order valence-corrected chi connectivity index (χ2v) is 4.53. The largest absolute Gasteiger partial charge is 0.317 e. The Bertz CT molecular complexity index is 547. The molecule has 2 rings (SSSR count). The summed E-state index contributed by atoms with van der Waals surface area (Å²) in [4.78, 5) is 40.5. The monoisotopic (exact) mass is 281 g/mol. The smallest absolute Gasteiger partial charge is 0.258 e. The molecule has 1 atom stereocenters. The van der Waals surface area contributed by atoms with Gasteiger partial charge in [-0.1, -0.05) is 18.5 Å². The molecule has 3 amide bonds. The van der Waals surface area contributed by atoms with Crippen LogP contribution in [0.25, 0.3) is 0 Å². The van der Waals surface area contributed by atoms with Crippen LogP contribution in [0.3, 0.4) is 0 Å². The Kier molecular flexibility index (Phi) is 3.80. The zero-order valence-electron chi connectivity index (χ0n) is 10.2. The van der Waals surface area contributed by atoms with E-state index in [2.05, 4.69) is 10.3 Å². The molecule has 19 heavy (non-hydrogen) atoms. The molecule has 0 bridgehead atoms. The van der Waals surface area contributed by atoms with Crippen molar-refractivity contribution in [1.29, 1.82) is 0 Å². The van der Waals surface area contributed by atoms with Crippen LogP contribution in [0.15, 0.2) is 18.5 Å². The van der Waals surface area contributed by atoms with E-state index in [9.17, 15) is 14.4 Å². The standard InChI is InChI=1S/C12H12ClN3O3/c1-2-9-11(18)15-10(17)6-16(9)12(19)7-5-14-4-3-8(7)13/h3-5,9H,2,6H2,1H3,(H,15,17,18). The predicted molar refractivity (Wildman–Crippen MR) is 67.5 cm³/mol. The first-order chi connectivity index (χ1) is 9.04. The van der Waals surface area contributed by atoms with E-state index in [1.165, 1.54) is 23.4 Å². The Morgan fingerprint density at radius 3 is 2.95 bits per heavy atom. The highest BCUT2D eigenvalue weighted by atomic mass is 35.5. The first-order valence-electron chi connectivity index (χ1n) is 5.78. The predicted octanol–water partition coefficient (Wildman–Crippen LogP) is 0.612. The van der Waals surface area contributed by atoms with Crippen molar-refractivity contribution in [2.75, 3.05) is 6.54 Å². The van der Waals surface area contributed by atoms with Gasteiger partial charge in [0.2, 0.25) is 11.8 Å². The van der Waals surface area contributed by atoms with Crippen LogP contribution in [0, 0.1) is 0 Å². The van der Waals surface area contributed by atoms with Gasteiger partial charge in [-0.3, -0.25) is 24.7 Å². The van der Waals surface area contributed by atoms with Gasteiger partial charge in [0.05, 0.1) is 10.6 Å². The molecule has 0 aliphatic carbocycles. The number of halogens is 1. The average Bonchev–Trinajstić information content (AvgIpc) is 2.37. The molecule has 100 valence electrons. The van der Waals surface area contributed by atoms with Gasteiger partial charge in [0.25, 0.3) is 5.91 Å². The summed E-state index contributed by atoms with van der Waals surface area (Å²) < 4.78 is 0. The molecule has 0 aromatic carbocycles. The van der Waals surface area contributed by atoms with Crippen LogP contribution >= 0.6 is 11.6 Å². The van der Waals surface area contributed by atoms with E-state index in [0.29, 0.717) is 6.42 Å². The van der Waals surface area contributed by atoms with Gasteiger partial charge >= 0.3 is 0 Å². The molecule has 0 saturated carbocycles. The SMILES string of the molecule is CCC1C(=O)NC(=O)CN1C(=O)c1cnccc1Cl. The maximum atomic E-state index is 12.4. The fourth-order valence-corrected chi connectivity index (χ4v) is 2.16. The van der Waals surface area contributed by atoms with E-state index in [-0.39, 0.29) is 17.1 Å². The third-order valence-electron chi connectivity index (χ3n) is 2.90. The number of carbonyl (C=O) groups is 3. The highest BCUT2D eigenvalue weighted by molar-refractivity contribution is 6.33. The summed E-state index contributed by atoms with van der Waals surface area (Å²) in [5.41, 5.74) is 0.185. The minimum atomic E-state index is -0.665. The van der Waals surface area contributed by atoms with Gasteiger partial charge < -0.3 is 4.90 Å². The Morgan fingerprint density at radius 1 is 1.58 bits per heavy atom. The second kappa shape index (κ2) is 5.36. The van der Waals surface area contributed by atoms with E-state index in [1.807, 2.05) is 0 Å². The molecular weight excluding hydrogens is 270 g/mol. The van der Waals surface area contributed by atoms with Gasteiger partial charge in [0.1, 0.15) is 12.6 Å². The number of pyridine rings is 1. The highest BCUT2D eigenvalue weighted by Crippen LogP contribution is 2.19. The van der Waals surface area contributed by atoms with Crippen LogP contribution in [-0.4, -0.2) is 40.2 Å². The topological polar surface area (TPSA) is 79.4 Å². The molecule has 1 aliphatic rings. The van der Waals surface area contributed by atoms with E-state index >= 15 is 0 Å². The zero-order chi connectivity index (χ0) is 14.0. The molecule has 0 radical (unpaired) electrons. The maximum Gasteiger partial charge on any atom is 0.258 e. The summed E-state index contributed by atoms with van der Waals surface area (Å²) in [6, 6.07) is 0.822. The number of carbonyl (C=O) groups excluding carboxylic acids is 3. The Morgan fingerprint density at radius 2 is 2.32 bits per heavy atom. The fraction of sp³-hybridized carbons (Fsp3) is 0.333. The summed E-state index contributed by atoms with van der Waals surface area (Å²) in [7, 11) is 0. The number of imide groups is 1. The highest BCUT2D eigenvalue weighted by Gasteiger charge is 2.36. The molecule has 2 heterocycles. The first-order valence-corrected chi connectivity index (χ1v) is 6.16. The Hall–Kier alpha value is -1.95. The lowest BCUT2D eigenvalue weighted by atomic mass is 10.1. The Balaban J connectivity index is 2.33. The van der Waals surface area contributed by atoms with Crippen LogP contribution < -0.4 is 5.32 Å². The van der Waals surface area contributed by atoms with E-state index < -0.39 is 23.8 Å². The van der Waals surface area contributed by atoms with Gasteiger partial charge in [-0.15, -0.1) is 0 Å². The van der Waals surface area contributed by atoms with E-state index in [1.54, 1.807) is 6.92 Å². The lowest BCUT2D eigenvalue weighted by molar-refractivity contribution is -0.138. The number of hydrogen-bond donors (Lipinski definition) is 1. The Labute approximate surface area is 114 Å². The van der Waals surface area contributed by atoms with E-state index in [0.717, 1.165) is 0 Å². The number of rotatable bonds is 2. The van der Waals surface area contributed by atoms with Crippen molar-refractivity contribution in [2.24, 2.45) is 0 Å². The van der Waals surface area contributed by atoms with Gasteiger partial charge in [-0.2, -0.15) is 0 Å². The number of amides is 3. The fourth-order valence-electron chi connectivity index (χ4n) is 1.98. The number of nitrogens with zero attached hydrogens (tertiary/aromatic N) is 2. The number of aromatic nitrogens is 1. The summed E-state index contributed by atoms with van der Waals surface area (Å²) in [6.45, 7) is 1.61.